The van der Waals surface area contributed by atoms with Crippen LogP contribution in [0.15, 0.2) is 42.5 Å². The lowest BCUT2D eigenvalue weighted by atomic mass is 10.1. The number of likely N-dealkylation sites (N-methyl/N-ethyl adjacent to an activating group) is 1. The molecule has 0 unspecified atom stereocenters. The van der Waals surface area contributed by atoms with Crippen molar-refractivity contribution in [3.8, 4) is 0 Å². The van der Waals surface area contributed by atoms with Gasteiger partial charge in [0.05, 0.1) is 5.69 Å². The molecule has 0 atom stereocenters. The van der Waals surface area contributed by atoms with Crippen molar-refractivity contribution in [1.82, 2.24) is 9.80 Å². The van der Waals surface area contributed by atoms with E-state index >= 15 is 0 Å². The molecule has 0 saturated carbocycles. The van der Waals surface area contributed by atoms with Gasteiger partial charge in [-0.3, -0.25) is 0 Å². The molecule has 1 saturated heterocycles. The van der Waals surface area contributed by atoms with E-state index in [4.69, 9.17) is 0 Å². The van der Waals surface area contributed by atoms with Gasteiger partial charge in [-0.15, -0.1) is 0 Å². The zero-order chi connectivity index (χ0) is 15.4. The minimum Gasteiger partial charge on any atom is -0.323 e. The number of carbonyl (C=O) groups is 1. The Hall–Kier alpha value is -2.07. The van der Waals surface area contributed by atoms with Crippen molar-refractivity contribution in [2.24, 2.45) is 0 Å². The van der Waals surface area contributed by atoms with Crippen molar-refractivity contribution < 1.29 is 4.79 Å². The lowest BCUT2D eigenvalue weighted by molar-refractivity contribution is 0.212. The number of hydrogen-bond acceptors (Lipinski definition) is 2. The summed E-state index contributed by atoms with van der Waals surface area (Å²) >= 11 is 0. The largest absolute Gasteiger partial charge is 0.323 e. The number of amides is 2. The molecule has 1 fully saturated rings. The first-order chi connectivity index (χ1) is 10.8. The SMILES string of the molecule is CCN1CCCN(C(=O)Nc2cccc3ccccc23)CC1. The predicted molar refractivity (Wildman–Crippen MR) is 91.3 cm³/mol. The summed E-state index contributed by atoms with van der Waals surface area (Å²) in [6.45, 7) is 6.89. The summed E-state index contributed by atoms with van der Waals surface area (Å²) in [5.74, 6) is 0. The molecule has 1 N–H and O–H groups in total. The van der Waals surface area contributed by atoms with Crippen LogP contribution in [0.5, 0.6) is 0 Å². The monoisotopic (exact) mass is 297 g/mol. The highest BCUT2D eigenvalue weighted by atomic mass is 16.2. The van der Waals surface area contributed by atoms with Crippen LogP contribution in [-0.2, 0) is 0 Å². The first-order valence-electron chi connectivity index (χ1n) is 8.04. The molecule has 1 aliphatic rings. The molecule has 4 heteroatoms. The van der Waals surface area contributed by atoms with Crippen LogP contribution in [0, 0.1) is 0 Å². The highest BCUT2D eigenvalue weighted by Gasteiger charge is 2.18. The fourth-order valence-electron chi connectivity index (χ4n) is 3.02. The quantitative estimate of drug-likeness (QED) is 0.922. The number of fused-ring (bicyclic) bond motifs is 1. The van der Waals surface area contributed by atoms with Gasteiger partial charge in [0.25, 0.3) is 0 Å². The minimum absolute atomic E-state index is 0.00862. The van der Waals surface area contributed by atoms with Gasteiger partial charge in [0.1, 0.15) is 0 Å². The molecule has 2 aromatic rings. The van der Waals surface area contributed by atoms with Crippen molar-refractivity contribution in [3.63, 3.8) is 0 Å². The molecule has 0 radical (unpaired) electrons. The Balaban J connectivity index is 1.73. The molecule has 2 aromatic carbocycles. The number of rotatable bonds is 2. The summed E-state index contributed by atoms with van der Waals surface area (Å²) in [4.78, 5) is 16.9. The van der Waals surface area contributed by atoms with Crippen LogP contribution in [0.2, 0.25) is 0 Å². The van der Waals surface area contributed by atoms with Crippen LogP contribution >= 0.6 is 0 Å². The van der Waals surface area contributed by atoms with Gasteiger partial charge in [0.15, 0.2) is 0 Å². The topological polar surface area (TPSA) is 35.6 Å². The number of nitrogens with one attached hydrogen (secondary N) is 1. The van der Waals surface area contributed by atoms with Crippen LogP contribution in [0.3, 0.4) is 0 Å². The standard InChI is InChI=1S/C18H23N3O/c1-2-20-11-6-12-21(14-13-20)18(22)19-17-10-5-8-15-7-3-4-9-16(15)17/h3-5,7-10H,2,6,11-14H2,1H3,(H,19,22). The summed E-state index contributed by atoms with van der Waals surface area (Å²) in [7, 11) is 0. The Bertz CT molecular complexity index is 650. The second-order valence-electron chi connectivity index (χ2n) is 5.73. The molecule has 0 spiro atoms. The molecule has 1 aliphatic heterocycles. The lowest BCUT2D eigenvalue weighted by Crippen LogP contribution is -2.38. The fraction of sp³-hybridized carbons (Fsp3) is 0.389. The molecule has 22 heavy (non-hydrogen) atoms. The zero-order valence-corrected chi connectivity index (χ0v) is 13.1. The van der Waals surface area contributed by atoms with Crippen molar-refractivity contribution >= 4 is 22.5 Å². The first-order valence-corrected chi connectivity index (χ1v) is 8.04. The van der Waals surface area contributed by atoms with Crippen LogP contribution < -0.4 is 5.32 Å². The number of carbonyl (C=O) groups excluding carboxylic acids is 1. The molecule has 3 rings (SSSR count). The Kier molecular flexibility index (Phi) is 4.59. The van der Waals surface area contributed by atoms with E-state index in [0.717, 1.165) is 55.6 Å². The molecule has 0 aliphatic carbocycles. The van der Waals surface area contributed by atoms with Gasteiger partial charge in [0.2, 0.25) is 0 Å². The van der Waals surface area contributed by atoms with E-state index in [2.05, 4.69) is 29.3 Å². The Labute approximate surface area is 131 Å². The number of anilines is 1. The normalized spacial score (nSPS) is 16.5. The highest BCUT2D eigenvalue weighted by Crippen LogP contribution is 2.23. The average Bonchev–Trinajstić information content (AvgIpc) is 2.81. The zero-order valence-electron chi connectivity index (χ0n) is 13.1. The Morgan fingerprint density at radius 2 is 1.86 bits per heavy atom. The summed E-state index contributed by atoms with van der Waals surface area (Å²) in [6.07, 6.45) is 1.04. The van der Waals surface area contributed by atoms with E-state index in [-0.39, 0.29) is 6.03 Å². The summed E-state index contributed by atoms with van der Waals surface area (Å²) in [5.41, 5.74) is 0.889. The van der Waals surface area contributed by atoms with Crippen molar-refractivity contribution in [2.75, 3.05) is 38.0 Å². The molecule has 1 heterocycles. The van der Waals surface area contributed by atoms with E-state index in [1.165, 1.54) is 0 Å². The van der Waals surface area contributed by atoms with E-state index in [1.807, 2.05) is 35.2 Å². The van der Waals surface area contributed by atoms with E-state index in [0.29, 0.717) is 0 Å². The Morgan fingerprint density at radius 1 is 1.05 bits per heavy atom. The molecule has 0 bridgehead atoms. The van der Waals surface area contributed by atoms with Crippen LogP contribution in [0.4, 0.5) is 10.5 Å². The van der Waals surface area contributed by atoms with E-state index < -0.39 is 0 Å². The average molecular weight is 297 g/mol. The summed E-state index contributed by atoms with van der Waals surface area (Å²) in [5, 5.41) is 5.32. The number of nitrogens with zero attached hydrogens (tertiary/aromatic N) is 2. The van der Waals surface area contributed by atoms with E-state index in [9.17, 15) is 4.79 Å². The van der Waals surface area contributed by atoms with Gasteiger partial charge in [-0.2, -0.15) is 0 Å². The summed E-state index contributed by atoms with van der Waals surface area (Å²) in [6, 6.07) is 14.2. The van der Waals surface area contributed by atoms with Gasteiger partial charge in [-0.05, 0) is 31.0 Å². The van der Waals surface area contributed by atoms with Crippen LogP contribution in [0.25, 0.3) is 10.8 Å². The molecule has 4 nitrogen and oxygen atoms in total. The number of urea groups is 1. The van der Waals surface area contributed by atoms with Gasteiger partial charge < -0.3 is 15.1 Å². The molecule has 0 aromatic heterocycles. The van der Waals surface area contributed by atoms with Crippen LogP contribution in [0.1, 0.15) is 13.3 Å². The van der Waals surface area contributed by atoms with Crippen molar-refractivity contribution in [2.45, 2.75) is 13.3 Å². The summed E-state index contributed by atoms with van der Waals surface area (Å²) < 4.78 is 0. The third-order valence-corrected chi connectivity index (χ3v) is 4.35. The second-order valence-corrected chi connectivity index (χ2v) is 5.73. The van der Waals surface area contributed by atoms with Crippen molar-refractivity contribution in [3.05, 3.63) is 42.5 Å². The second kappa shape index (κ2) is 6.79. The minimum atomic E-state index is 0.00862. The van der Waals surface area contributed by atoms with Crippen LogP contribution in [-0.4, -0.2) is 48.6 Å². The molecular formula is C18H23N3O. The third-order valence-electron chi connectivity index (χ3n) is 4.35. The maximum atomic E-state index is 12.6. The molecule has 116 valence electrons. The smallest absolute Gasteiger partial charge is 0.321 e. The molecule has 2 amide bonds. The van der Waals surface area contributed by atoms with Gasteiger partial charge >= 0.3 is 6.03 Å². The highest BCUT2D eigenvalue weighted by molar-refractivity contribution is 6.01. The number of hydrogen-bond donors (Lipinski definition) is 1. The van der Waals surface area contributed by atoms with Gasteiger partial charge in [-0.1, -0.05) is 43.3 Å². The van der Waals surface area contributed by atoms with Gasteiger partial charge in [-0.25, -0.2) is 4.79 Å². The maximum Gasteiger partial charge on any atom is 0.321 e. The maximum absolute atomic E-state index is 12.6. The third kappa shape index (κ3) is 3.22. The first kappa shape index (κ1) is 14.9. The number of benzene rings is 2. The molecular weight excluding hydrogens is 274 g/mol. The predicted octanol–water partition coefficient (Wildman–Crippen LogP) is 3.40. The Morgan fingerprint density at radius 3 is 2.73 bits per heavy atom. The lowest BCUT2D eigenvalue weighted by Gasteiger charge is -2.22. The fourth-order valence-corrected chi connectivity index (χ4v) is 3.02. The van der Waals surface area contributed by atoms with E-state index in [1.54, 1.807) is 0 Å². The van der Waals surface area contributed by atoms with Crippen molar-refractivity contribution in [1.29, 1.82) is 0 Å². The van der Waals surface area contributed by atoms with Gasteiger partial charge in [0, 0.05) is 25.0 Å².